The first-order valence-electron chi connectivity index (χ1n) is 8.13. The van der Waals surface area contributed by atoms with Crippen LogP contribution in [0.1, 0.15) is 39.0 Å². The molecule has 0 bridgehead atoms. The van der Waals surface area contributed by atoms with Gasteiger partial charge in [0.1, 0.15) is 6.04 Å². The summed E-state index contributed by atoms with van der Waals surface area (Å²) in [5.74, 6) is -0.110. The number of benzene rings is 1. The minimum atomic E-state index is -0.354. The Morgan fingerprint density at radius 2 is 1.96 bits per heavy atom. The van der Waals surface area contributed by atoms with Crippen LogP contribution in [0.3, 0.4) is 0 Å². The van der Waals surface area contributed by atoms with Crippen molar-refractivity contribution >= 4 is 29.3 Å². The number of rotatable bonds is 7. The number of anilines is 1. The van der Waals surface area contributed by atoms with Crippen LogP contribution in [0, 0.1) is 0 Å². The molecule has 0 spiro atoms. The number of thioether (sulfide) groups is 1. The Bertz CT molecular complexity index is 544. The molecule has 0 radical (unpaired) electrons. The number of hydrogen-bond acceptors (Lipinski definition) is 4. The second-order valence-corrected chi connectivity index (χ2v) is 6.98. The summed E-state index contributed by atoms with van der Waals surface area (Å²) in [5, 5.41) is 6.36. The van der Waals surface area contributed by atoms with E-state index in [0.717, 1.165) is 23.4 Å². The molecule has 2 rings (SSSR count). The monoisotopic (exact) mass is 335 g/mol. The maximum atomic E-state index is 12.3. The number of carbonyl (C=O) groups excluding carboxylic acids is 2. The van der Waals surface area contributed by atoms with E-state index in [4.69, 9.17) is 5.73 Å². The van der Waals surface area contributed by atoms with Gasteiger partial charge in [-0.1, -0.05) is 31.4 Å². The summed E-state index contributed by atoms with van der Waals surface area (Å²) in [7, 11) is 0. The van der Waals surface area contributed by atoms with Gasteiger partial charge >= 0.3 is 0 Å². The van der Waals surface area contributed by atoms with Gasteiger partial charge in [0.15, 0.2) is 0 Å². The van der Waals surface area contributed by atoms with E-state index in [0.29, 0.717) is 6.04 Å². The smallest absolute Gasteiger partial charge is 0.242 e. The number of nitrogens with one attached hydrogen (secondary N) is 2. The summed E-state index contributed by atoms with van der Waals surface area (Å²) < 4.78 is 0. The van der Waals surface area contributed by atoms with Crippen molar-refractivity contribution in [2.24, 2.45) is 5.73 Å². The summed E-state index contributed by atoms with van der Waals surface area (Å²) >= 11 is 1.38. The Balaban J connectivity index is 1.92. The molecule has 0 saturated heterocycles. The van der Waals surface area contributed by atoms with E-state index in [1.165, 1.54) is 31.0 Å². The largest absolute Gasteiger partial charge is 0.373 e. The van der Waals surface area contributed by atoms with Crippen LogP contribution in [-0.4, -0.2) is 29.7 Å². The number of primary amides is 1. The second kappa shape index (κ2) is 8.82. The third-order valence-electron chi connectivity index (χ3n) is 3.97. The molecule has 0 heterocycles. The van der Waals surface area contributed by atoms with E-state index in [1.807, 2.05) is 31.2 Å². The SMILES string of the molecule is C[C@H](Nc1ccccc1SCC(N)=O)C(=O)NC1CCCCC1. The zero-order valence-corrected chi connectivity index (χ0v) is 14.3. The molecule has 1 saturated carbocycles. The van der Waals surface area contributed by atoms with E-state index < -0.39 is 0 Å². The van der Waals surface area contributed by atoms with Crippen molar-refractivity contribution in [1.82, 2.24) is 5.32 Å². The fraction of sp³-hybridized carbons (Fsp3) is 0.529. The van der Waals surface area contributed by atoms with E-state index in [-0.39, 0.29) is 23.6 Å². The lowest BCUT2D eigenvalue weighted by molar-refractivity contribution is -0.122. The van der Waals surface area contributed by atoms with Crippen LogP contribution in [-0.2, 0) is 9.59 Å². The molecule has 1 fully saturated rings. The predicted octanol–water partition coefficient (Wildman–Crippen LogP) is 2.51. The van der Waals surface area contributed by atoms with Gasteiger partial charge in [0.2, 0.25) is 11.8 Å². The average molecular weight is 335 g/mol. The average Bonchev–Trinajstić information content (AvgIpc) is 2.54. The molecule has 6 heteroatoms. The van der Waals surface area contributed by atoms with Crippen LogP contribution in [0.4, 0.5) is 5.69 Å². The van der Waals surface area contributed by atoms with E-state index >= 15 is 0 Å². The number of nitrogens with two attached hydrogens (primary N) is 1. The van der Waals surface area contributed by atoms with Gasteiger partial charge in [-0.25, -0.2) is 0 Å². The highest BCUT2D eigenvalue weighted by molar-refractivity contribution is 8.00. The maximum Gasteiger partial charge on any atom is 0.242 e. The van der Waals surface area contributed by atoms with Crippen LogP contribution in [0.2, 0.25) is 0 Å². The number of hydrogen-bond donors (Lipinski definition) is 3. The third kappa shape index (κ3) is 5.78. The van der Waals surface area contributed by atoms with E-state index in [1.54, 1.807) is 0 Å². The fourth-order valence-electron chi connectivity index (χ4n) is 2.73. The summed E-state index contributed by atoms with van der Waals surface area (Å²) in [4.78, 5) is 24.2. The third-order valence-corrected chi connectivity index (χ3v) is 5.07. The van der Waals surface area contributed by atoms with Gasteiger partial charge in [-0.15, -0.1) is 11.8 Å². The molecule has 1 aliphatic carbocycles. The van der Waals surface area contributed by atoms with Crippen molar-refractivity contribution in [3.05, 3.63) is 24.3 Å². The van der Waals surface area contributed by atoms with Crippen molar-refractivity contribution in [2.45, 2.75) is 56.0 Å². The minimum Gasteiger partial charge on any atom is -0.373 e. The highest BCUT2D eigenvalue weighted by Gasteiger charge is 2.20. The van der Waals surface area contributed by atoms with E-state index in [2.05, 4.69) is 10.6 Å². The fourth-order valence-corrected chi connectivity index (χ4v) is 3.49. The highest BCUT2D eigenvalue weighted by atomic mass is 32.2. The maximum absolute atomic E-state index is 12.3. The van der Waals surface area contributed by atoms with Crippen molar-refractivity contribution in [3.8, 4) is 0 Å². The Morgan fingerprint density at radius 3 is 2.65 bits per heavy atom. The quantitative estimate of drug-likeness (QED) is 0.669. The summed E-state index contributed by atoms with van der Waals surface area (Å²) in [5.41, 5.74) is 6.05. The molecule has 1 aromatic carbocycles. The van der Waals surface area contributed by atoms with Gasteiger partial charge in [-0.05, 0) is 31.9 Å². The minimum absolute atomic E-state index is 0.0200. The Kier molecular flexibility index (Phi) is 6.77. The Labute approximate surface area is 141 Å². The molecule has 5 nitrogen and oxygen atoms in total. The van der Waals surface area contributed by atoms with Crippen LogP contribution in [0.25, 0.3) is 0 Å². The molecule has 0 aromatic heterocycles. The van der Waals surface area contributed by atoms with Gasteiger partial charge in [-0.3, -0.25) is 9.59 Å². The van der Waals surface area contributed by atoms with Gasteiger partial charge in [0.05, 0.1) is 5.75 Å². The summed E-state index contributed by atoms with van der Waals surface area (Å²) in [6, 6.07) is 7.62. The van der Waals surface area contributed by atoms with Gasteiger partial charge < -0.3 is 16.4 Å². The molecular weight excluding hydrogens is 310 g/mol. The summed E-state index contributed by atoms with van der Waals surface area (Å²) in [6.07, 6.45) is 5.80. The molecule has 1 aliphatic rings. The van der Waals surface area contributed by atoms with Gasteiger partial charge in [-0.2, -0.15) is 0 Å². The van der Waals surface area contributed by atoms with E-state index in [9.17, 15) is 9.59 Å². The first kappa shape index (κ1) is 17.7. The lowest BCUT2D eigenvalue weighted by atomic mass is 9.95. The normalized spacial score (nSPS) is 16.6. The summed E-state index contributed by atoms with van der Waals surface area (Å²) in [6.45, 7) is 1.85. The number of para-hydroxylation sites is 1. The lowest BCUT2D eigenvalue weighted by Gasteiger charge is -2.25. The van der Waals surface area contributed by atoms with Crippen molar-refractivity contribution < 1.29 is 9.59 Å². The Hall–Kier alpha value is -1.69. The molecule has 1 atom stereocenters. The van der Waals surface area contributed by atoms with Crippen LogP contribution < -0.4 is 16.4 Å². The van der Waals surface area contributed by atoms with Gasteiger partial charge in [0.25, 0.3) is 0 Å². The number of amides is 2. The molecular formula is C17H25N3O2S. The van der Waals surface area contributed by atoms with Crippen molar-refractivity contribution in [1.29, 1.82) is 0 Å². The first-order chi connectivity index (χ1) is 11.1. The van der Waals surface area contributed by atoms with Crippen LogP contribution >= 0.6 is 11.8 Å². The van der Waals surface area contributed by atoms with Crippen molar-refractivity contribution in [2.75, 3.05) is 11.1 Å². The molecule has 2 amide bonds. The van der Waals surface area contributed by atoms with Gasteiger partial charge in [0, 0.05) is 16.6 Å². The van der Waals surface area contributed by atoms with Crippen LogP contribution in [0.5, 0.6) is 0 Å². The first-order valence-corrected chi connectivity index (χ1v) is 9.12. The highest BCUT2D eigenvalue weighted by Crippen LogP contribution is 2.27. The lowest BCUT2D eigenvalue weighted by Crippen LogP contribution is -2.44. The molecule has 0 aliphatic heterocycles. The molecule has 1 aromatic rings. The predicted molar refractivity (Wildman–Crippen MR) is 94.5 cm³/mol. The molecule has 23 heavy (non-hydrogen) atoms. The topological polar surface area (TPSA) is 84.2 Å². The molecule has 126 valence electrons. The molecule has 4 N–H and O–H groups in total. The van der Waals surface area contributed by atoms with Crippen molar-refractivity contribution in [3.63, 3.8) is 0 Å². The second-order valence-electron chi connectivity index (χ2n) is 5.96. The zero-order chi connectivity index (χ0) is 16.7. The van der Waals surface area contributed by atoms with Crippen LogP contribution in [0.15, 0.2) is 29.2 Å². The number of carbonyl (C=O) groups is 2. The Morgan fingerprint density at radius 1 is 1.26 bits per heavy atom. The molecule has 0 unspecified atom stereocenters. The zero-order valence-electron chi connectivity index (χ0n) is 13.5. The standard InChI is InChI=1S/C17H25N3O2S/c1-12(17(22)20-13-7-3-2-4-8-13)19-14-9-5-6-10-15(14)23-11-16(18)21/h5-6,9-10,12-13,19H,2-4,7-8,11H2,1H3,(H2,18,21)(H,20,22)/t12-/m0/s1.